The van der Waals surface area contributed by atoms with Crippen LogP contribution < -0.4 is 10.6 Å². The van der Waals surface area contributed by atoms with Crippen LogP contribution in [-0.2, 0) is 9.59 Å². The van der Waals surface area contributed by atoms with Crippen LogP contribution in [-0.4, -0.2) is 30.3 Å². The number of amides is 2. The van der Waals surface area contributed by atoms with Gasteiger partial charge in [0, 0.05) is 38.1 Å². The Balaban J connectivity index is 2.71. The number of benzene rings is 1. The van der Waals surface area contributed by atoms with E-state index in [0.29, 0.717) is 11.4 Å². The third kappa shape index (κ3) is 6.66. The van der Waals surface area contributed by atoms with Gasteiger partial charge in [-0.25, -0.2) is 0 Å². The second-order valence-electron chi connectivity index (χ2n) is 5.20. The predicted octanol–water partition coefficient (Wildman–Crippen LogP) is 2.72. The average Bonchev–Trinajstić information content (AvgIpc) is 2.51. The molecule has 2 amide bonds. The maximum absolute atomic E-state index is 12.1. The fourth-order valence-corrected chi connectivity index (χ4v) is 1.87. The van der Waals surface area contributed by atoms with Gasteiger partial charge in [-0.05, 0) is 30.7 Å². The van der Waals surface area contributed by atoms with Gasteiger partial charge in [-0.3, -0.25) is 9.59 Å². The van der Waals surface area contributed by atoms with Crippen LogP contribution in [0.15, 0.2) is 36.0 Å². The van der Waals surface area contributed by atoms with E-state index >= 15 is 0 Å². The van der Waals surface area contributed by atoms with E-state index < -0.39 is 5.91 Å². The zero-order valence-electron chi connectivity index (χ0n) is 13.7. The summed E-state index contributed by atoms with van der Waals surface area (Å²) in [7, 11) is 1.84. The summed E-state index contributed by atoms with van der Waals surface area (Å²) in [6, 6.07) is 8.61. The van der Waals surface area contributed by atoms with Gasteiger partial charge in [0.2, 0.25) is 5.91 Å². The van der Waals surface area contributed by atoms with Crippen molar-refractivity contribution in [1.82, 2.24) is 4.90 Å². The van der Waals surface area contributed by atoms with Crippen molar-refractivity contribution in [1.29, 1.82) is 5.26 Å². The molecule has 0 aliphatic heterocycles. The molecule has 122 valence electrons. The lowest BCUT2D eigenvalue weighted by molar-refractivity contribution is -0.114. The highest BCUT2D eigenvalue weighted by Gasteiger charge is 2.10. The Kier molecular flexibility index (Phi) is 7.34. The van der Waals surface area contributed by atoms with Crippen molar-refractivity contribution in [3.05, 3.63) is 36.0 Å². The summed E-state index contributed by atoms with van der Waals surface area (Å²) in [5.41, 5.74) is 1.25. The van der Waals surface area contributed by atoms with Gasteiger partial charge in [-0.15, -0.1) is 0 Å². The molecule has 0 radical (unpaired) electrons. The van der Waals surface area contributed by atoms with Crippen molar-refractivity contribution in [3.63, 3.8) is 0 Å². The number of unbranched alkanes of at least 4 members (excludes halogenated alkanes) is 1. The summed E-state index contributed by atoms with van der Waals surface area (Å²) >= 11 is 0. The molecule has 0 bridgehead atoms. The maximum Gasteiger partial charge on any atom is 0.267 e. The van der Waals surface area contributed by atoms with Gasteiger partial charge in [-0.2, -0.15) is 5.26 Å². The highest BCUT2D eigenvalue weighted by Crippen LogP contribution is 2.14. The van der Waals surface area contributed by atoms with Crippen molar-refractivity contribution < 1.29 is 9.59 Å². The monoisotopic (exact) mass is 314 g/mol. The second kappa shape index (κ2) is 9.26. The fraction of sp³-hybridized carbons (Fsp3) is 0.353. The van der Waals surface area contributed by atoms with E-state index in [9.17, 15) is 9.59 Å². The molecule has 0 unspecified atom stereocenters. The highest BCUT2D eigenvalue weighted by molar-refractivity contribution is 6.06. The molecule has 6 nitrogen and oxygen atoms in total. The standard InChI is InChI=1S/C17H22N4O2/c1-4-5-10-21(3)12-14(11-18)17(23)20-16-8-6-15(7-9-16)19-13(2)22/h6-9,12H,4-5,10H2,1-3H3,(H,19,22)(H,20,23)/b14-12-. The summed E-state index contributed by atoms with van der Waals surface area (Å²) in [5.74, 6) is -0.616. The molecule has 0 aromatic heterocycles. The molecule has 0 aliphatic carbocycles. The zero-order chi connectivity index (χ0) is 17.2. The number of carbonyl (C=O) groups excluding carboxylic acids is 2. The Labute approximate surface area is 136 Å². The number of anilines is 2. The molecule has 23 heavy (non-hydrogen) atoms. The Hall–Kier alpha value is -2.81. The van der Waals surface area contributed by atoms with Crippen LogP contribution in [0.2, 0.25) is 0 Å². The van der Waals surface area contributed by atoms with E-state index in [0.717, 1.165) is 19.4 Å². The minimum absolute atomic E-state index is 0.0505. The minimum Gasteiger partial charge on any atom is -0.379 e. The van der Waals surface area contributed by atoms with Gasteiger partial charge in [-0.1, -0.05) is 13.3 Å². The van der Waals surface area contributed by atoms with Crippen LogP contribution in [0.4, 0.5) is 11.4 Å². The van der Waals surface area contributed by atoms with Gasteiger partial charge in [0.25, 0.3) is 5.91 Å². The molecule has 1 aromatic carbocycles. The second-order valence-corrected chi connectivity index (χ2v) is 5.20. The first-order chi connectivity index (χ1) is 11.0. The van der Waals surface area contributed by atoms with Crippen LogP contribution in [0.1, 0.15) is 26.7 Å². The summed E-state index contributed by atoms with van der Waals surface area (Å²) in [6.45, 7) is 4.30. The predicted molar refractivity (Wildman–Crippen MR) is 90.6 cm³/mol. The van der Waals surface area contributed by atoms with Crippen molar-refractivity contribution in [2.75, 3.05) is 24.2 Å². The van der Waals surface area contributed by atoms with Crippen molar-refractivity contribution in [2.24, 2.45) is 0 Å². The van der Waals surface area contributed by atoms with Crippen molar-refractivity contribution in [2.45, 2.75) is 26.7 Å². The molecule has 0 saturated heterocycles. The van der Waals surface area contributed by atoms with Gasteiger partial charge >= 0.3 is 0 Å². The number of carbonyl (C=O) groups is 2. The Morgan fingerprint density at radius 3 is 2.26 bits per heavy atom. The summed E-state index contributed by atoms with van der Waals surface area (Å²) in [5, 5.41) is 14.4. The number of rotatable bonds is 7. The molecule has 0 atom stereocenters. The van der Waals surface area contributed by atoms with E-state index in [4.69, 9.17) is 5.26 Å². The first kappa shape index (κ1) is 18.2. The average molecular weight is 314 g/mol. The summed E-state index contributed by atoms with van der Waals surface area (Å²) in [6.07, 6.45) is 3.60. The van der Waals surface area contributed by atoms with Gasteiger partial charge in [0.15, 0.2) is 0 Å². The third-order valence-electron chi connectivity index (χ3n) is 3.04. The highest BCUT2D eigenvalue weighted by atomic mass is 16.2. The normalized spacial score (nSPS) is 10.6. The fourth-order valence-electron chi connectivity index (χ4n) is 1.87. The largest absolute Gasteiger partial charge is 0.379 e. The van der Waals surface area contributed by atoms with Gasteiger partial charge < -0.3 is 15.5 Å². The molecular weight excluding hydrogens is 292 g/mol. The lowest BCUT2D eigenvalue weighted by Crippen LogP contribution is -2.19. The van der Waals surface area contributed by atoms with Crippen LogP contribution in [0.3, 0.4) is 0 Å². The number of nitrogens with one attached hydrogen (secondary N) is 2. The van der Waals surface area contributed by atoms with Crippen LogP contribution in [0.5, 0.6) is 0 Å². The zero-order valence-corrected chi connectivity index (χ0v) is 13.7. The number of nitrogens with zero attached hydrogens (tertiary/aromatic N) is 2. The molecule has 0 fully saturated rings. The van der Waals surface area contributed by atoms with Crippen LogP contribution >= 0.6 is 0 Å². The molecule has 6 heteroatoms. The number of hydrogen-bond acceptors (Lipinski definition) is 4. The maximum atomic E-state index is 12.1. The summed E-state index contributed by atoms with van der Waals surface area (Å²) in [4.78, 5) is 24.9. The van der Waals surface area contributed by atoms with E-state index in [2.05, 4.69) is 17.6 Å². The lowest BCUT2D eigenvalue weighted by atomic mass is 10.2. The third-order valence-corrected chi connectivity index (χ3v) is 3.04. The Morgan fingerprint density at radius 1 is 1.22 bits per heavy atom. The number of nitriles is 1. The summed E-state index contributed by atoms with van der Waals surface area (Å²) < 4.78 is 0. The minimum atomic E-state index is -0.455. The van der Waals surface area contributed by atoms with E-state index in [-0.39, 0.29) is 11.5 Å². The topological polar surface area (TPSA) is 85.2 Å². The van der Waals surface area contributed by atoms with E-state index in [1.165, 1.54) is 6.92 Å². The molecule has 0 aliphatic rings. The van der Waals surface area contributed by atoms with Crippen LogP contribution in [0.25, 0.3) is 0 Å². The Bertz CT molecular complexity index is 614. The molecule has 2 N–H and O–H groups in total. The molecular formula is C17H22N4O2. The van der Waals surface area contributed by atoms with Gasteiger partial charge in [0.05, 0.1) is 0 Å². The van der Waals surface area contributed by atoms with Crippen LogP contribution in [0, 0.1) is 11.3 Å². The van der Waals surface area contributed by atoms with Crippen molar-refractivity contribution >= 4 is 23.2 Å². The molecule has 0 saturated carbocycles. The van der Waals surface area contributed by atoms with E-state index in [1.807, 2.05) is 18.0 Å². The molecule has 1 aromatic rings. The van der Waals surface area contributed by atoms with Crippen molar-refractivity contribution in [3.8, 4) is 6.07 Å². The SMILES string of the molecule is CCCCN(C)/C=C(/C#N)C(=O)Nc1ccc(NC(C)=O)cc1. The molecule has 1 rings (SSSR count). The quantitative estimate of drug-likeness (QED) is 0.598. The molecule has 0 spiro atoms. The van der Waals surface area contributed by atoms with E-state index in [1.54, 1.807) is 30.5 Å². The first-order valence-electron chi connectivity index (χ1n) is 7.47. The smallest absolute Gasteiger partial charge is 0.267 e. The number of hydrogen-bond donors (Lipinski definition) is 2. The van der Waals surface area contributed by atoms with Gasteiger partial charge in [0.1, 0.15) is 11.6 Å². The molecule has 0 heterocycles. The first-order valence-corrected chi connectivity index (χ1v) is 7.47. The Morgan fingerprint density at radius 2 is 1.78 bits per heavy atom. The lowest BCUT2D eigenvalue weighted by Gasteiger charge is -2.14.